The van der Waals surface area contributed by atoms with Crippen molar-refractivity contribution in [2.75, 3.05) is 23.7 Å². The highest BCUT2D eigenvalue weighted by Crippen LogP contribution is 2.37. The second kappa shape index (κ2) is 7.35. The summed E-state index contributed by atoms with van der Waals surface area (Å²) in [4.78, 5) is 27.9. The summed E-state index contributed by atoms with van der Waals surface area (Å²) in [5.41, 5.74) is 16.8. The molecule has 4 heterocycles. The average molecular weight is 414 g/mol. The van der Waals surface area contributed by atoms with Crippen LogP contribution in [0.3, 0.4) is 0 Å². The Morgan fingerprint density at radius 1 is 1.13 bits per heavy atom. The van der Waals surface area contributed by atoms with Gasteiger partial charge < -0.3 is 16.4 Å². The second-order valence-corrected chi connectivity index (χ2v) is 7.71. The van der Waals surface area contributed by atoms with E-state index >= 15 is 0 Å². The number of anilines is 2. The van der Waals surface area contributed by atoms with E-state index in [-0.39, 0.29) is 11.4 Å². The van der Waals surface area contributed by atoms with E-state index in [2.05, 4.69) is 25.1 Å². The normalized spacial score (nSPS) is 13.8. The first-order valence-corrected chi connectivity index (χ1v) is 10.1. The minimum atomic E-state index is -0.688. The van der Waals surface area contributed by atoms with E-state index in [1.54, 1.807) is 18.5 Å². The third-order valence-electron chi connectivity index (χ3n) is 5.69. The van der Waals surface area contributed by atoms with Crippen LogP contribution in [0.5, 0.6) is 0 Å². The zero-order valence-corrected chi connectivity index (χ0v) is 17.1. The predicted molar refractivity (Wildman–Crippen MR) is 119 cm³/mol. The largest absolute Gasteiger partial charge is 0.396 e. The monoisotopic (exact) mass is 414 g/mol. The van der Waals surface area contributed by atoms with Crippen LogP contribution >= 0.6 is 0 Å². The zero-order valence-electron chi connectivity index (χ0n) is 17.1. The van der Waals surface area contributed by atoms with Crippen molar-refractivity contribution < 1.29 is 4.79 Å². The molecule has 4 aromatic rings. The molecule has 0 bridgehead atoms. The van der Waals surface area contributed by atoms with Crippen molar-refractivity contribution in [2.24, 2.45) is 5.73 Å². The first-order valence-electron chi connectivity index (χ1n) is 10.1. The van der Waals surface area contributed by atoms with E-state index in [0.717, 1.165) is 48.0 Å². The van der Waals surface area contributed by atoms with Gasteiger partial charge in [-0.2, -0.15) is 5.10 Å². The first kappa shape index (κ1) is 19.0. The van der Waals surface area contributed by atoms with Crippen molar-refractivity contribution in [1.29, 1.82) is 0 Å². The number of carbonyl (C=O) groups is 1. The van der Waals surface area contributed by atoms with Crippen LogP contribution in [0.4, 0.5) is 11.6 Å². The second-order valence-electron chi connectivity index (χ2n) is 7.71. The van der Waals surface area contributed by atoms with E-state index in [9.17, 15) is 4.79 Å². The molecule has 0 spiro atoms. The predicted octanol–water partition coefficient (Wildman–Crippen LogP) is 2.67. The molecule has 1 fully saturated rings. The van der Waals surface area contributed by atoms with Crippen molar-refractivity contribution in [3.8, 4) is 22.5 Å². The van der Waals surface area contributed by atoms with Crippen molar-refractivity contribution in [2.45, 2.75) is 19.8 Å². The number of fused-ring (bicyclic) bond motifs is 1. The number of pyridine rings is 1. The Labute approximate surface area is 178 Å². The van der Waals surface area contributed by atoms with Gasteiger partial charge in [0.25, 0.3) is 5.91 Å². The molecule has 1 saturated heterocycles. The molecule has 1 aromatic carbocycles. The average Bonchev–Trinajstić information content (AvgIpc) is 3.46. The number of rotatable bonds is 4. The van der Waals surface area contributed by atoms with E-state index in [1.165, 1.54) is 0 Å². The molecule has 31 heavy (non-hydrogen) atoms. The lowest BCUT2D eigenvalue weighted by Crippen LogP contribution is -2.20. The SMILES string of the molecule is Cc1ccc2[nH]ncc2c1-c1cc(-c2ccnc(N3CCCC3)n2)nc(C(N)=O)c1N. The van der Waals surface area contributed by atoms with E-state index in [1.807, 2.05) is 25.1 Å². The van der Waals surface area contributed by atoms with Gasteiger partial charge >= 0.3 is 0 Å². The molecular weight excluding hydrogens is 392 g/mol. The van der Waals surface area contributed by atoms with Crippen molar-refractivity contribution >= 4 is 28.4 Å². The van der Waals surface area contributed by atoms with Gasteiger partial charge in [-0.05, 0) is 49.1 Å². The topological polar surface area (TPSA) is 140 Å². The molecule has 0 atom stereocenters. The van der Waals surface area contributed by atoms with Gasteiger partial charge in [0.2, 0.25) is 5.95 Å². The Kier molecular flexibility index (Phi) is 4.50. The third-order valence-corrected chi connectivity index (χ3v) is 5.69. The van der Waals surface area contributed by atoms with Crippen LogP contribution in [0.15, 0.2) is 36.7 Å². The number of nitrogens with one attached hydrogen (secondary N) is 1. The summed E-state index contributed by atoms with van der Waals surface area (Å²) in [6, 6.07) is 7.57. The number of nitrogens with two attached hydrogens (primary N) is 2. The molecule has 3 aromatic heterocycles. The maximum atomic E-state index is 12.2. The van der Waals surface area contributed by atoms with E-state index in [0.29, 0.717) is 22.9 Å². The molecule has 0 radical (unpaired) electrons. The van der Waals surface area contributed by atoms with Crippen LogP contribution < -0.4 is 16.4 Å². The fraction of sp³-hybridized carbons (Fsp3) is 0.227. The quantitative estimate of drug-likeness (QED) is 0.466. The van der Waals surface area contributed by atoms with Crippen molar-refractivity contribution in [3.05, 3.63) is 47.9 Å². The molecule has 1 aliphatic rings. The van der Waals surface area contributed by atoms with Gasteiger partial charge in [0, 0.05) is 30.2 Å². The highest BCUT2D eigenvalue weighted by molar-refractivity contribution is 6.05. The number of primary amides is 1. The summed E-state index contributed by atoms with van der Waals surface area (Å²) in [6.07, 6.45) is 5.70. The van der Waals surface area contributed by atoms with Crippen LogP contribution in [-0.2, 0) is 0 Å². The number of carbonyl (C=O) groups excluding carboxylic acids is 1. The van der Waals surface area contributed by atoms with Gasteiger partial charge in [-0.25, -0.2) is 15.0 Å². The van der Waals surface area contributed by atoms with Crippen molar-refractivity contribution in [3.63, 3.8) is 0 Å². The van der Waals surface area contributed by atoms with Gasteiger partial charge in [0.1, 0.15) is 0 Å². The van der Waals surface area contributed by atoms with Crippen LogP contribution in [0.1, 0.15) is 28.9 Å². The minimum Gasteiger partial charge on any atom is -0.396 e. The number of benzene rings is 1. The minimum absolute atomic E-state index is 0.0220. The molecule has 0 aliphatic carbocycles. The Hall–Kier alpha value is -4.01. The maximum Gasteiger partial charge on any atom is 0.269 e. The number of H-pyrrole nitrogens is 1. The lowest BCUT2D eigenvalue weighted by molar-refractivity contribution is 0.0996. The lowest BCUT2D eigenvalue weighted by Gasteiger charge is -2.17. The number of nitrogen functional groups attached to an aromatic ring is 1. The Bertz CT molecular complexity index is 1310. The molecule has 0 saturated carbocycles. The summed E-state index contributed by atoms with van der Waals surface area (Å²) >= 11 is 0. The molecule has 1 aliphatic heterocycles. The molecule has 9 nitrogen and oxygen atoms in total. The van der Waals surface area contributed by atoms with Gasteiger partial charge in [-0.3, -0.25) is 9.89 Å². The summed E-state index contributed by atoms with van der Waals surface area (Å²) < 4.78 is 0. The Morgan fingerprint density at radius 2 is 1.94 bits per heavy atom. The lowest BCUT2D eigenvalue weighted by atomic mass is 9.94. The molecule has 0 unspecified atom stereocenters. The standard InChI is InChI=1S/C22H22N8O/c1-12-4-5-15-14(11-26-29-15)18(12)13-10-17(27-20(19(13)23)21(24)31)16-6-7-25-22(28-16)30-8-2-3-9-30/h4-7,10-11H,2-3,8-9,23H2,1H3,(H2,24,31)(H,26,29). The van der Waals surface area contributed by atoms with Gasteiger partial charge in [-0.1, -0.05) is 6.07 Å². The summed E-state index contributed by atoms with van der Waals surface area (Å²) in [7, 11) is 0. The van der Waals surface area contributed by atoms with Gasteiger partial charge in [0.05, 0.1) is 28.8 Å². The summed E-state index contributed by atoms with van der Waals surface area (Å²) in [6.45, 7) is 3.84. The number of aromatic nitrogens is 5. The van der Waals surface area contributed by atoms with E-state index < -0.39 is 5.91 Å². The van der Waals surface area contributed by atoms with Crippen LogP contribution in [0.2, 0.25) is 0 Å². The smallest absolute Gasteiger partial charge is 0.269 e. The fourth-order valence-corrected chi connectivity index (χ4v) is 4.13. The zero-order chi connectivity index (χ0) is 21.5. The molecule has 156 valence electrons. The number of aromatic amines is 1. The van der Waals surface area contributed by atoms with Gasteiger partial charge in [-0.15, -0.1) is 0 Å². The molecule has 9 heteroatoms. The Balaban J connectivity index is 1.73. The fourth-order valence-electron chi connectivity index (χ4n) is 4.13. The van der Waals surface area contributed by atoms with Crippen LogP contribution in [-0.4, -0.2) is 44.1 Å². The molecule has 5 rings (SSSR count). The number of hydrogen-bond acceptors (Lipinski definition) is 7. The van der Waals surface area contributed by atoms with E-state index in [4.69, 9.17) is 16.5 Å². The van der Waals surface area contributed by atoms with Crippen LogP contribution in [0.25, 0.3) is 33.4 Å². The molecule has 5 N–H and O–H groups in total. The number of nitrogens with zero attached hydrogens (tertiary/aromatic N) is 5. The van der Waals surface area contributed by atoms with Gasteiger partial charge in [0.15, 0.2) is 5.69 Å². The van der Waals surface area contributed by atoms with Crippen LogP contribution in [0, 0.1) is 6.92 Å². The highest BCUT2D eigenvalue weighted by atomic mass is 16.1. The highest BCUT2D eigenvalue weighted by Gasteiger charge is 2.21. The molecule has 1 amide bonds. The first-order chi connectivity index (χ1) is 15.0. The Morgan fingerprint density at radius 3 is 2.71 bits per heavy atom. The summed E-state index contributed by atoms with van der Waals surface area (Å²) in [5.74, 6) is -0.0321. The number of amides is 1. The summed E-state index contributed by atoms with van der Waals surface area (Å²) in [5, 5.41) is 8.03. The molecular formula is C22H22N8O. The maximum absolute atomic E-state index is 12.2. The third kappa shape index (κ3) is 3.24. The number of aryl methyl sites for hydroxylation is 1. The van der Waals surface area contributed by atoms with Crippen molar-refractivity contribution in [1.82, 2.24) is 25.1 Å². The number of hydrogen-bond donors (Lipinski definition) is 3.